The Kier molecular flexibility index (Phi) is 102. The molecule has 0 nitrogen and oxygen atoms in total. The van der Waals surface area contributed by atoms with Gasteiger partial charge >= 0.3 is 0 Å². The summed E-state index contributed by atoms with van der Waals surface area (Å²) >= 11 is 0. The van der Waals surface area contributed by atoms with Crippen LogP contribution in [0.2, 0.25) is 0 Å². The van der Waals surface area contributed by atoms with Gasteiger partial charge < -0.3 is 0 Å². The molecule has 84 heavy (non-hydrogen) atoms. The van der Waals surface area contributed by atoms with Crippen LogP contribution in [0.1, 0.15) is 470 Å². The molecule has 0 amide bonds. The van der Waals surface area contributed by atoms with Gasteiger partial charge in [0, 0.05) is 0 Å². The third-order valence-electron chi connectivity index (χ3n) is 16.7. The SMILES string of the molecule is CC(C)C(C)(C)C.CC(C)CC(C)C.CC1CCCC1.CCC(C)(C)CC.CCCC(C)(C)C.CCCC(C)(C)C.CCCC(C)CC.CCCC(C)CC.CCCCC(C)C.CCCCCC(C)C.CCCCCCC.CC[C@H](C)C(C)C. The van der Waals surface area contributed by atoms with Crippen molar-refractivity contribution in [1.29, 1.82) is 0 Å². The molecule has 1 fully saturated rings. The first-order valence-electron chi connectivity index (χ1n) is 38.5. The monoisotopic (exact) mass is 1200 g/mol. The zero-order chi connectivity index (χ0) is 69.0. The van der Waals surface area contributed by atoms with E-state index in [0.717, 1.165) is 59.2 Å². The second-order valence-electron chi connectivity index (χ2n) is 33.1. The van der Waals surface area contributed by atoms with Crippen LogP contribution in [0.3, 0.4) is 0 Å². The molecule has 1 aliphatic rings. The smallest absolute Gasteiger partial charge is 0.0359 e. The van der Waals surface area contributed by atoms with Gasteiger partial charge in [0.2, 0.25) is 0 Å². The molecule has 3 atom stereocenters. The van der Waals surface area contributed by atoms with E-state index in [4.69, 9.17) is 0 Å². The lowest BCUT2D eigenvalue weighted by Crippen LogP contribution is -2.12. The van der Waals surface area contributed by atoms with Gasteiger partial charge in [0.25, 0.3) is 0 Å². The fourth-order valence-corrected chi connectivity index (χ4v) is 7.78. The highest BCUT2D eigenvalue weighted by molar-refractivity contribution is 4.65. The molecule has 0 aromatic carbocycles. The topological polar surface area (TPSA) is 0 Å². The summed E-state index contributed by atoms with van der Waals surface area (Å²) in [5.41, 5.74) is 2.18. The van der Waals surface area contributed by atoms with Crippen LogP contribution in [0.15, 0.2) is 0 Å². The zero-order valence-corrected chi connectivity index (χ0v) is 69.0. The van der Waals surface area contributed by atoms with Crippen LogP contribution in [0.5, 0.6) is 0 Å². The molecule has 0 heteroatoms. The van der Waals surface area contributed by atoms with Crippen molar-refractivity contribution in [2.24, 2.45) is 80.8 Å². The van der Waals surface area contributed by atoms with Crippen LogP contribution in [0, 0.1) is 80.8 Å². The van der Waals surface area contributed by atoms with Gasteiger partial charge in [-0.2, -0.15) is 0 Å². The molecule has 1 aliphatic carbocycles. The first-order chi connectivity index (χ1) is 38.5. The Balaban J connectivity index is -0.0000000769. The maximum Gasteiger partial charge on any atom is -0.0359 e. The van der Waals surface area contributed by atoms with E-state index in [-0.39, 0.29) is 0 Å². The summed E-state index contributed by atoms with van der Waals surface area (Å²) in [6.07, 6.45) is 41.4. The van der Waals surface area contributed by atoms with E-state index in [1.54, 1.807) is 0 Å². The molecular formula is C84H190. The van der Waals surface area contributed by atoms with Gasteiger partial charge in [0.15, 0.2) is 0 Å². The van der Waals surface area contributed by atoms with Gasteiger partial charge in [-0.15, -0.1) is 0 Å². The van der Waals surface area contributed by atoms with E-state index in [1.807, 2.05) is 0 Å². The average Bonchev–Trinajstić information content (AvgIpc) is 3.87. The molecule has 0 aromatic heterocycles. The van der Waals surface area contributed by atoms with E-state index in [0.29, 0.717) is 21.7 Å². The molecule has 526 valence electrons. The van der Waals surface area contributed by atoms with Gasteiger partial charge in [0.1, 0.15) is 0 Å². The molecule has 2 unspecified atom stereocenters. The molecule has 0 aromatic rings. The van der Waals surface area contributed by atoms with Crippen LogP contribution in [0.25, 0.3) is 0 Å². The van der Waals surface area contributed by atoms with Gasteiger partial charge in [-0.1, -0.05) is 450 Å². The largest absolute Gasteiger partial charge is 0.0654 e. The number of rotatable bonds is 25. The van der Waals surface area contributed by atoms with Crippen molar-refractivity contribution in [3.63, 3.8) is 0 Å². The van der Waals surface area contributed by atoms with E-state index >= 15 is 0 Å². The molecule has 1 saturated carbocycles. The van der Waals surface area contributed by atoms with Crippen LogP contribution in [-0.2, 0) is 0 Å². The van der Waals surface area contributed by atoms with Gasteiger partial charge in [-0.3, -0.25) is 0 Å². The van der Waals surface area contributed by atoms with E-state index in [9.17, 15) is 0 Å². The van der Waals surface area contributed by atoms with E-state index < -0.39 is 0 Å². The first-order valence-corrected chi connectivity index (χ1v) is 38.5. The summed E-state index contributed by atoms with van der Waals surface area (Å²) in [4.78, 5) is 0. The highest BCUT2D eigenvalue weighted by Crippen LogP contribution is 2.25. The van der Waals surface area contributed by atoms with E-state index in [2.05, 4.69) is 277 Å². The quantitative estimate of drug-likeness (QED) is 0.0800. The Morgan fingerprint density at radius 1 is 0.333 bits per heavy atom. The summed E-state index contributed by atoms with van der Waals surface area (Å²) in [5, 5.41) is 0. The van der Waals surface area contributed by atoms with Gasteiger partial charge in [0.05, 0.1) is 0 Å². The van der Waals surface area contributed by atoms with Crippen molar-refractivity contribution in [2.45, 2.75) is 470 Å². The Morgan fingerprint density at radius 3 is 0.726 bits per heavy atom. The van der Waals surface area contributed by atoms with Gasteiger partial charge in [-0.05, 0) is 100 Å². The number of hydrogen-bond donors (Lipinski definition) is 0. The molecule has 0 bridgehead atoms. The van der Waals surface area contributed by atoms with Gasteiger partial charge in [-0.25, -0.2) is 0 Å². The van der Waals surface area contributed by atoms with Crippen molar-refractivity contribution in [2.75, 3.05) is 0 Å². The maximum atomic E-state index is 2.34. The fraction of sp³-hybridized carbons (Fsp3) is 1.00. The second kappa shape index (κ2) is 79.1. The standard InChI is InChI=1S/C8H18.10C7H16.C6H12/c1-4-5-6-7-8(2)3;1-6(2)7(3,4)5;1-6(2)5-7(3)4;2*1-5-6-7(2,3)4;1-5-7(3,4)6-2;1-5-7(4)6(2)3;1-4-5-6-7(2)3;2*1-4-6-7(3)5-2;1-3-5-7-6-4-2;1-6-4-2-3-5-6/h8H,4-7H2,1-3H3;6H,1-5H3;6-7H,5H2,1-4H3;3*5-6H2,1-4H3;6-7H,5H2,1-4H3;3*7H,4-6H2,1-3H3;3-7H2,1-2H3;6H,2-5H2,1H3/t;;;;;;7-;;;;;/m......0...../s1. The van der Waals surface area contributed by atoms with Crippen molar-refractivity contribution in [1.82, 2.24) is 0 Å². The average molecular weight is 1200 g/mol. The molecule has 0 heterocycles. The first kappa shape index (κ1) is 109. The predicted octanol–water partition coefficient (Wildman–Crippen LogP) is 33.5. The lowest BCUT2D eigenvalue weighted by molar-refractivity contribution is 0.283. The summed E-state index contributed by atoms with van der Waals surface area (Å²) in [6, 6.07) is 0. The minimum absolute atomic E-state index is 0.500. The highest BCUT2D eigenvalue weighted by Gasteiger charge is 2.14. The second-order valence-corrected chi connectivity index (χ2v) is 33.1. The molecule has 0 spiro atoms. The molecule has 1 rings (SSSR count). The Morgan fingerprint density at radius 2 is 0.631 bits per heavy atom. The molecule has 0 aliphatic heterocycles. The zero-order valence-electron chi connectivity index (χ0n) is 69.0. The Labute approximate surface area is 547 Å². The highest BCUT2D eigenvalue weighted by atomic mass is 14.2. The summed E-state index contributed by atoms with van der Waals surface area (Å²) < 4.78 is 0. The maximum absolute atomic E-state index is 2.34. The minimum Gasteiger partial charge on any atom is -0.0654 e. The lowest BCUT2D eigenvalue weighted by atomic mass is 9.84. The molecular weight excluding hydrogens is 1010 g/mol. The van der Waals surface area contributed by atoms with Crippen molar-refractivity contribution in [3.05, 3.63) is 0 Å². The van der Waals surface area contributed by atoms with Crippen LogP contribution in [0.4, 0.5) is 0 Å². The van der Waals surface area contributed by atoms with Crippen molar-refractivity contribution < 1.29 is 0 Å². The fourth-order valence-electron chi connectivity index (χ4n) is 7.78. The number of unbranched alkanes of at least 4 members (excludes halogenated alkanes) is 7. The Hall–Kier alpha value is 0. The summed E-state index contributed by atoms with van der Waals surface area (Å²) in [7, 11) is 0. The predicted molar refractivity (Wildman–Crippen MR) is 410 cm³/mol. The van der Waals surface area contributed by atoms with Crippen LogP contribution >= 0.6 is 0 Å². The molecule has 0 saturated heterocycles. The number of hydrogen-bond acceptors (Lipinski definition) is 0. The lowest BCUT2D eigenvalue weighted by Gasteiger charge is -2.22. The molecule has 0 radical (unpaired) electrons. The van der Waals surface area contributed by atoms with Crippen molar-refractivity contribution in [3.8, 4) is 0 Å². The third-order valence-corrected chi connectivity index (χ3v) is 16.7. The summed E-state index contributed by atoms with van der Waals surface area (Å²) in [6.45, 7) is 90.6. The van der Waals surface area contributed by atoms with Crippen LogP contribution < -0.4 is 0 Å². The van der Waals surface area contributed by atoms with Crippen LogP contribution in [-0.4, -0.2) is 0 Å². The van der Waals surface area contributed by atoms with E-state index in [1.165, 1.54) is 193 Å². The van der Waals surface area contributed by atoms with Crippen molar-refractivity contribution >= 4 is 0 Å². The molecule has 0 N–H and O–H groups in total. The normalized spacial score (nSPS) is 13.1. The summed E-state index contributed by atoms with van der Waals surface area (Å²) in [5.74, 6) is 9.07. The minimum atomic E-state index is 0.500. The third kappa shape index (κ3) is 149. The Bertz CT molecular complexity index is 976.